The van der Waals surface area contributed by atoms with Crippen molar-refractivity contribution < 1.29 is 19.7 Å². The molecule has 2 N–H and O–H groups in total. The van der Waals surface area contributed by atoms with Crippen molar-refractivity contribution in [1.82, 2.24) is 0 Å². The molecule has 0 amide bonds. The van der Waals surface area contributed by atoms with Crippen molar-refractivity contribution in [3.63, 3.8) is 0 Å². The van der Waals surface area contributed by atoms with E-state index in [1.165, 1.54) is 19.3 Å². The van der Waals surface area contributed by atoms with Gasteiger partial charge in [-0.3, -0.25) is 4.79 Å². The van der Waals surface area contributed by atoms with E-state index in [9.17, 15) is 15.0 Å². The molecule has 4 heteroatoms. The molecule has 0 aromatic carbocycles. The van der Waals surface area contributed by atoms with Gasteiger partial charge < -0.3 is 14.9 Å². The highest BCUT2D eigenvalue weighted by Gasteiger charge is 2.62. The van der Waals surface area contributed by atoms with E-state index in [2.05, 4.69) is 34.6 Å². The van der Waals surface area contributed by atoms with Crippen LogP contribution in [0.25, 0.3) is 0 Å². The first-order valence-corrected chi connectivity index (χ1v) is 12.6. The van der Waals surface area contributed by atoms with Gasteiger partial charge in [-0.1, -0.05) is 34.6 Å². The smallest absolute Gasteiger partial charge is 0.162 e. The largest absolute Gasteiger partial charge is 0.396 e. The summed E-state index contributed by atoms with van der Waals surface area (Å²) < 4.78 is 6.46. The van der Waals surface area contributed by atoms with Crippen LogP contribution in [0.15, 0.2) is 0 Å². The number of hydrogen-bond acceptors (Lipinski definition) is 4. The lowest BCUT2D eigenvalue weighted by Gasteiger charge is -2.53. The molecule has 3 saturated carbocycles. The van der Waals surface area contributed by atoms with Gasteiger partial charge in [0.25, 0.3) is 0 Å². The van der Waals surface area contributed by atoms with Crippen LogP contribution in [0.2, 0.25) is 0 Å². The van der Waals surface area contributed by atoms with Crippen LogP contribution in [0, 0.1) is 46.3 Å². The average molecular weight is 421 g/mol. The fraction of sp³-hybridized carbons (Fsp3) is 0.962. The third kappa shape index (κ3) is 3.59. The molecule has 1 saturated heterocycles. The predicted molar refractivity (Wildman–Crippen MR) is 118 cm³/mol. The Labute approximate surface area is 183 Å². The van der Waals surface area contributed by atoms with Crippen molar-refractivity contribution in [3.05, 3.63) is 0 Å². The quantitative estimate of drug-likeness (QED) is 0.682. The number of aliphatic hydroxyl groups excluding tert-OH is 2. The fourth-order valence-corrected chi connectivity index (χ4v) is 8.36. The average Bonchev–Trinajstić information content (AvgIpc) is 3.16. The molecule has 30 heavy (non-hydrogen) atoms. The number of aliphatic hydroxyl groups is 2. The maximum atomic E-state index is 12.8. The summed E-state index contributed by atoms with van der Waals surface area (Å²) in [5, 5.41) is 20.2. The molecule has 0 radical (unpaired) electrons. The molecule has 1 unspecified atom stereocenters. The van der Waals surface area contributed by atoms with Gasteiger partial charge in [0, 0.05) is 13.0 Å². The van der Waals surface area contributed by atoms with Gasteiger partial charge in [-0.05, 0) is 91.3 Å². The van der Waals surface area contributed by atoms with Crippen LogP contribution in [-0.4, -0.2) is 40.9 Å². The molecule has 4 fully saturated rings. The first kappa shape index (κ1) is 22.7. The predicted octanol–water partition coefficient (Wildman–Crippen LogP) is 4.61. The van der Waals surface area contributed by atoms with Crippen molar-refractivity contribution in [2.45, 2.75) is 104 Å². The van der Waals surface area contributed by atoms with Crippen molar-refractivity contribution in [2.24, 2.45) is 46.3 Å². The van der Waals surface area contributed by atoms with Gasteiger partial charge in [-0.25, -0.2) is 0 Å². The molecule has 0 aromatic rings. The van der Waals surface area contributed by atoms with Gasteiger partial charge in [0.2, 0.25) is 0 Å². The maximum Gasteiger partial charge on any atom is 0.162 e. The molecule has 1 aliphatic heterocycles. The summed E-state index contributed by atoms with van der Waals surface area (Å²) >= 11 is 0. The van der Waals surface area contributed by atoms with E-state index in [-0.39, 0.29) is 41.7 Å². The molecule has 10 atom stereocenters. The molecule has 0 bridgehead atoms. The highest BCUT2D eigenvalue weighted by molar-refractivity contribution is 5.84. The zero-order valence-electron chi connectivity index (χ0n) is 19.8. The van der Waals surface area contributed by atoms with Crippen LogP contribution >= 0.6 is 0 Å². The lowest BCUT2D eigenvalue weighted by Crippen LogP contribution is -2.48. The molecule has 4 nitrogen and oxygen atoms in total. The van der Waals surface area contributed by atoms with Crippen LogP contribution < -0.4 is 0 Å². The SMILES string of the molecule is CC(C)CC(=O)C1O[C@H]2C[C@H]3C[C@@H]([C@@]4(C)CC[C@H](O)C[C@@H]4CO)CC[C@]3(C)[C@H]2[C@@H]1C. The monoisotopic (exact) mass is 420 g/mol. The van der Waals surface area contributed by atoms with Crippen molar-refractivity contribution in [1.29, 1.82) is 0 Å². The Bertz CT molecular complexity index is 647. The molecule has 0 aromatic heterocycles. The van der Waals surface area contributed by atoms with Crippen molar-refractivity contribution in [3.8, 4) is 0 Å². The second kappa shape index (κ2) is 8.15. The maximum absolute atomic E-state index is 12.8. The Morgan fingerprint density at radius 2 is 1.77 bits per heavy atom. The summed E-state index contributed by atoms with van der Waals surface area (Å²) in [7, 11) is 0. The Kier molecular flexibility index (Phi) is 6.18. The normalized spacial score (nSPS) is 51.1. The van der Waals surface area contributed by atoms with Crippen LogP contribution in [-0.2, 0) is 9.53 Å². The van der Waals surface area contributed by atoms with E-state index in [1.54, 1.807) is 0 Å². The van der Waals surface area contributed by atoms with Crippen LogP contribution in [0.1, 0.15) is 86.0 Å². The number of Topliss-reactive ketones (excluding diaryl/α,β-unsaturated/α-hetero) is 1. The van der Waals surface area contributed by atoms with Gasteiger partial charge in [-0.15, -0.1) is 0 Å². The van der Waals surface area contributed by atoms with E-state index in [0.29, 0.717) is 41.8 Å². The second-order valence-electron chi connectivity index (χ2n) is 12.3. The second-order valence-corrected chi connectivity index (χ2v) is 12.3. The number of rotatable bonds is 5. The van der Waals surface area contributed by atoms with Gasteiger partial charge in [0.15, 0.2) is 5.78 Å². The number of fused-ring (bicyclic) bond motifs is 3. The Hall–Kier alpha value is -0.450. The fourth-order valence-electron chi connectivity index (χ4n) is 8.36. The third-order valence-corrected chi connectivity index (χ3v) is 10.2. The number of hydrogen-bond donors (Lipinski definition) is 2. The van der Waals surface area contributed by atoms with Crippen LogP contribution in [0.3, 0.4) is 0 Å². The molecule has 3 aliphatic carbocycles. The van der Waals surface area contributed by atoms with E-state index >= 15 is 0 Å². The zero-order valence-corrected chi connectivity index (χ0v) is 19.8. The lowest BCUT2D eigenvalue weighted by atomic mass is 9.52. The van der Waals surface area contributed by atoms with E-state index in [0.717, 1.165) is 25.7 Å². The molecule has 1 heterocycles. The van der Waals surface area contributed by atoms with Crippen molar-refractivity contribution >= 4 is 5.78 Å². The molecular weight excluding hydrogens is 376 g/mol. The van der Waals surface area contributed by atoms with Crippen LogP contribution in [0.5, 0.6) is 0 Å². The van der Waals surface area contributed by atoms with E-state index in [1.807, 2.05) is 0 Å². The lowest BCUT2D eigenvalue weighted by molar-refractivity contribution is -0.132. The molecule has 0 spiro atoms. The zero-order chi connectivity index (χ0) is 21.8. The minimum absolute atomic E-state index is 0.134. The Morgan fingerprint density at radius 3 is 2.43 bits per heavy atom. The van der Waals surface area contributed by atoms with E-state index < -0.39 is 0 Å². The molecule has 172 valence electrons. The number of carbonyl (C=O) groups excluding carboxylic acids is 1. The molecule has 4 rings (SSSR count). The Balaban J connectivity index is 1.47. The number of carbonyl (C=O) groups is 1. The summed E-state index contributed by atoms with van der Waals surface area (Å²) in [5.74, 6) is 2.99. The van der Waals surface area contributed by atoms with Crippen molar-refractivity contribution in [2.75, 3.05) is 6.61 Å². The van der Waals surface area contributed by atoms with E-state index in [4.69, 9.17) is 4.74 Å². The molecule has 4 aliphatic rings. The summed E-state index contributed by atoms with van der Waals surface area (Å²) in [5.41, 5.74) is 0.405. The van der Waals surface area contributed by atoms with Crippen LogP contribution in [0.4, 0.5) is 0 Å². The number of ether oxygens (including phenoxy) is 1. The molecular formula is C26H44O4. The van der Waals surface area contributed by atoms with Gasteiger partial charge in [0.05, 0.1) is 12.2 Å². The Morgan fingerprint density at radius 1 is 1.07 bits per heavy atom. The first-order chi connectivity index (χ1) is 14.1. The van der Waals surface area contributed by atoms with Gasteiger partial charge in [0.1, 0.15) is 6.10 Å². The third-order valence-electron chi connectivity index (χ3n) is 10.2. The highest BCUT2D eigenvalue weighted by Crippen LogP contribution is 2.65. The summed E-state index contributed by atoms with van der Waals surface area (Å²) in [6.07, 6.45) is 7.79. The minimum Gasteiger partial charge on any atom is -0.396 e. The topological polar surface area (TPSA) is 66.8 Å². The van der Waals surface area contributed by atoms with Gasteiger partial charge in [-0.2, -0.15) is 0 Å². The summed E-state index contributed by atoms with van der Waals surface area (Å²) in [4.78, 5) is 12.8. The minimum atomic E-state index is -0.246. The highest BCUT2D eigenvalue weighted by atomic mass is 16.5. The first-order valence-electron chi connectivity index (χ1n) is 12.6. The summed E-state index contributed by atoms with van der Waals surface area (Å²) in [6.45, 7) is 11.5. The number of ketones is 1. The standard InChI is InChI=1S/C26H44O4/c1-15(2)10-21(29)24-16(3)23-22(30-24)13-18-11-17(6-8-26(18,23)5)25(4)9-7-20(28)12-19(25)14-27/h15-20,22-24,27-28H,6-14H2,1-5H3/t16-,17-,18+,19+,20-,22-,23-,24?,25+,26-/m0/s1. The van der Waals surface area contributed by atoms with Gasteiger partial charge >= 0.3 is 0 Å². The summed E-state index contributed by atoms with van der Waals surface area (Å²) in [6, 6.07) is 0.